The first-order chi connectivity index (χ1) is 16.6. The fourth-order valence-corrected chi connectivity index (χ4v) is 4.26. The van der Waals surface area contributed by atoms with Crippen molar-refractivity contribution in [3.63, 3.8) is 0 Å². The highest BCUT2D eigenvalue weighted by molar-refractivity contribution is 6.74. The molecule has 4 N–H and O–H groups in total. The van der Waals surface area contributed by atoms with Crippen LogP contribution in [0.4, 0.5) is 5.69 Å². The molecule has 0 saturated carbocycles. The number of halogens is 1. The van der Waals surface area contributed by atoms with E-state index in [4.69, 9.17) is 27.1 Å². The first kappa shape index (κ1) is 29.5. The monoisotopic (exact) mass is 530 g/mol. The van der Waals surface area contributed by atoms with E-state index in [1.165, 1.54) is 13.0 Å². The molecule has 10 heteroatoms. The lowest BCUT2D eigenvalue weighted by Gasteiger charge is -2.36. The highest BCUT2D eigenvalue weighted by atomic mass is 35.5. The summed E-state index contributed by atoms with van der Waals surface area (Å²) in [4.78, 5) is 26.0. The molecule has 0 aliphatic carbocycles. The van der Waals surface area contributed by atoms with Gasteiger partial charge in [-0.2, -0.15) is 5.26 Å². The van der Waals surface area contributed by atoms with E-state index in [-0.39, 0.29) is 21.2 Å². The third-order valence-corrected chi connectivity index (χ3v) is 11.6. The maximum absolute atomic E-state index is 13.1. The summed E-state index contributed by atoms with van der Waals surface area (Å²) < 4.78 is 6.21. The molecule has 2 rings (SSSR count). The smallest absolute Gasteiger partial charge is 0.274 e. The Bertz CT molecular complexity index is 1150. The van der Waals surface area contributed by atoms with Crippen LogP contribution in [-0.2, 0) is 15.8 Å². The van der Waals surface area contributed by atoms with E-state index in [2.05, 4.69) is 39.2 Å². The molecule has 0 bridgehead atoms. The minimum atomic E-state index is -1.92. The molecule has 0 aliphatic heterocycles. The number of rotatable bonds is 8. The van der Waals surface area contributed by atoms with Gasteiger partial charge in [-0.25, -0.2) is 10.9 Å². The van der Waals surface area contributed by atoms with Crippen LogP contribution < -0.4 is 11.2 Å². The van der Waals surface area contributed by atoms with Gasteiger partial charge in [-0.1, -0.05) is 44.5 Å². The minimum Gasteiger partial charge on any atom is -0.413 e. The van der Waals surface area contributed by atoms with Gasteiger partial charge in [0.2, 0.25) is 0 Å². The minimum absolute atomic E-state index is 0.0827. The van der Waals surface area contributed by atoms with Crippen molar-refractivity contribution in [2.75, 3.05) is 5.32 Å². The van der Waals surface area contributed by atoms with Gasteiger partial charge in [0.15, 0.2) is 8.32 Å². The Morgan fingerprint density at radius 2 is 1.81 bits per heavy atom. The Kier molecular flexibility index (Phi) is 9.45. The predicted octanol–water partition coefficient (Wildman–Crippen LogP) is 4.75. The molecule has 0 spiro atoms. The predicted molar refractivity (Wildman–Crippen MR) is 144 cm³/mol. The van der Waals surface area contributed by atoms with Crippen LogP contribution in [0.2, 0.25) is 23.2 Å². The topological polar surface area (TPSA) is 129 Å². The lowest BCUT2D eigenvalue weighted by atomic mass is 10.1. The highest BCUT2D eigenvalue weighted by Gasteiger charge is 2.37. The Balaban J connectivity index is 2.15. The third-order valence-electron chi connectivity index (χ3n) is 6.63. The normalized spacial score (nSPS) is 13.5. The lowest BCUT2D eigenvalue weighted by Crippen LogP contribution is -2.53. The SMILES string of the molecule is Cc1c(N[C@@H](C(=O)N(N)C(=O)c2ccc(CO[Si](C)(C)C(C)(C)C)cc2)[C@H](C)O)ccc(C#N)c1Cl. The number of nitrogens with two attached hydrogens (primary N) is 1. The molecule has 8 nitrogen and oxygen atoms in total. The van der Waals surface area contributed by atoms with Crippen LogP contribution >= 0.6 is 11.6 Å². The fourth-order valence-electron chi connectivity index (χ4n) is 3.10. The number of hydrazine groups is 1. The fraction of sp³-hybridized carbons (Fsp3) is 0.423. The van der Waals surface area contributed by atoms with Gasteiger partial charge in [0.1, 0.15) is 12.1 Å². The maximum atomic E-state index is 13.1. The molecule has 2 aromatic rings. The molecular weight excluding hydrogens is 496 g/mol. The number of carbonyl (C=O) groups is 2. The number of nitrogens with zero attached hydrogens (tertiary/aromatic N) is 2. The standard InChI is InChI=1S/C26H35ClN4O4Si/c1-16-21(13-12-20(14-28)22(16)27)30-23(17(2)32)25(34)31(29)24(33)19-10-8-18(9-11-19)15-35-36(6,7)26(3,4)5/h8-13,17,23,30,32H,15,29H2,1-7H3/t17-,23+/m0/s1. The van der Waals surface area contributed by atoms with Gasteiger partial charge < -0.3 is 14.8 Å². The molecule has 0 heterocycles. The molecule has 0 unspecified atom stereocenters. The zero-order valence-corrected chi connectivity index (χ0v) is 23.6. The molecule has 2 atom stereocenters. The van der Waals surface area contributed by atoms with Crippen molar-refractivity contribution in [3.8, 4) is 6.07 Å². The molecule has 2 amide bonds. The van der Waals surface area contributed by atoms with Crippen LogP contribution in [0.5, 0.6) is 0 Å². The summed E-state index contributed by atoms with van der Waals surface area (Å²) in [5.74, 6) is 4.37. The number of amides is 2. The second kappa shape index (κ2) is 11.5. The zero-order chi connectivity index (χ0) is 27.4. The number of hydrogen-bond donors (Lipinski definition) is 3. The summed E-state index contributed by atoms with van der Waals surface area (Å²) in [6, 6.07) is 10.6. The maximum Gasteiger partial charge on any atom is 0.274 e. The van der Waals surface area contributed by atoms with E-state index >= 15 is 0 Å². The van der Waals surface area contributed by atoms with E-state index in [0.29, 0.717) is 22.9 Å². The van der Waals surface area contributed by atoms with Gasteiger partial charge in [-0.05, 0) is 67.4 Å². The molecule has 0 aromatic heterocycles. The second-order valence-corrected chi connectivity index (χ2v) is 15.5. The Labute approximate surface area is 219 Å². The summed E-state index contributed by atoms with van der Waals surface area (Å²) >= 11 is 6.21. The van der Waals surface area contributed by atoms with Crippen LogP contribution in [0.1, 0.15) is 54.7 Å². The molecule has 0 radical (unpaired) electrons. The number of nitrogens with one attached hydrogen (secondary N) is 1. The number of aliphatic hydroxyl groups excluding tert-OH is 1. The van der Waals surface area contributed by atoms with E-state index in [0.717, 1.165) is 5.56 Å². The van der Waals surface area contributed by atoms with E-state index in [1.54, 1.807) is 37.3 Å². The summed E-state index contributed by atoms with van der Waals surface area (Å²) in [6.07, 6.45) is -1.18. The van der Waals surface area contributed by atoms with Gasteiger partial charge in [0.25, 0.3) is 11.8 Å². The molecule has 0 saturated heterocycles. The van der Waals surface area contributed by atoms with Crippen LogP contribution in [0, 0.1) is 18.3 Å². The van der Waals surface area contributed by atoms with E-state index in [9.17, 15) is 14.7 Å². The summed E-state index contributed by atoms with van der Waals surface area (Å²) in [5.41, 5.74) is 2.38. The lowest BCUT2D eigenvalue weighted by molar-refractivity contribution is -0.131. The second-order valence-electron chi connectivity index (χ2n) is 10.3. The average Bonchev–Trinajstić information content (AvgIpc) is 2.81. The molecule has 0 aliphatic rings. The number of carbonyl (C=O) groups excluding carboxylic acids is 2. The van der Waals surface area contributed by atoms with Crippen molar-refractivity contribution in [2.45, 2.75) is 71.5 Å². The number of nitriles is 1. The summed E-state index contributed by atoms with van der Waals surface area (Å²) in [5, 5.41) is 23.1. The van der Waals surface area contributed by atoms with Crippen LogP contribution in [0.25, 0.3) is 0 Å². The number of hydrogen-bond acceptors (Lipinski definition) is 7. The molecule has 194 valence electrons. The number of imide groups is 1. The van der Waals surface area contributed by atoms with Gasteiger partial charge in [-0.3, -0.25) is 9.59 Å². The summed E-state index contributed by atoms with van der Waals surface area (Å²) in [6.45, 7) is 14.4. The Morgan fingerprint density at radius 3 is 2.31 bits per heavy atom. The third kappa shape index (κ3) is 6.72. The molecular formula is C26H35ClN4O4Si. The molecule has 0 fully saturated rings. The van der Waals surface area contributed by atoms with Crippen LogP contribution in [0.15, 0.2) is 36.4 Å². The van der Waals surface area contributed by atoms with Crippen LogP contribution in [-0.4, -0.2) is 42.4 Å². The molecule has 36 heavy (non-hydrogen) atoms. The van der Waals surface area contributed by atoms with Gasteiger partial charge in [-0.15, -0.1) is 0 Å². The van der Waals surface area contributed by atoms with Crippen molar-refractivity contribution in [1.29, 1.82) is 5.26 Å². The van der Waals surface area contributed by atoms with Crippen molar-refractivity contribution in [1.82, 2.24) is 5.01 Å². The number of anilines is 1. The molecule has 2 aromatic carbocycles. The largest absolute Gasteiger partial charge is 0.413 e. The Morgan fingerprint density at radius 1 is 1.22 bits per heavy atom. The van der Waals surface area contributed by atoms with Gasteiger partial charge in [0.05, 0.1) is 23.3 Å². The quantitative estimate of drug-likeness (QED) is 0.194. The van der Waals surface area contributed by atoms with Gasteiger partial charge in [0, 0.05) is 11.3 Å². The average molecular weight is 531 g/mol. The highest BCUT2D eigenvalue weighted by Crippen LogP contribution is 2.37. The first-order valence-electron chi connectivity index (χ1n) is 11.6. The van der Waals surface area contributed by atoms with Crippen molar-refractivity contribution in [2.24, 2.45) is 5.84 Å². The number of aliphatic hydroxyl groups is 1. The summed E-state index contributed by atoms with van der Waals surface area (Å²) in [7, 11) is -1.92. The first-order valence-corrected chi connectivity index (χ1v) is 14.9. The van der Waals surface area contributed by atoms with Gasteiger partial charge >= 0.3 is 0 Å². The van der Waals surface area contributed by atoms with Crippen LogP contribution in [0.3, 0.4) is 0 Å². The van der Waals surface area contributed by atoms with E-state index in [1.807, 2.05) is 6.07 Å². The van der Waals surface area contributed by atoms with E-state index < -0.39 is 32.3 Å². The zero-order valence-electron chi connectivity index (χ0n) is 21.8. The van der Waals surface area contributed by atoms with Crippen molar-refractivity contribution >= 4 is 37.4 Å². The number of benzene rings is 2. The van der Waals surface area contributed by atoms with Crippen molar-refractivity contribution in [3.05, 3.63) is 63.7 Å². The Hall–Kier alpha value is -2.74. The van der Waals surface area contributed by atoms with Crippen molar-refractivity contribution < 1.29 is 19.1 Å².